The summed E-state index contributed by atoms with van der Waals surface area (Å²) >= 11 is 0. The Morgan fingerprint density at radius 2 is 1.71 bits per heavy atom. The molecule has 0 amide bonds. The van der Waals surface area contributed by atoms with Gasteiger partial charge in [-0.15, -0.1) is 0 Å². The molecule has 0 aromatic heterocycles. The second-order valence-electron chi connectivity index (χ2n) is 14.7. The molecule has 2 aromatic rings. The summed E-state index contributed by atoms with van der Waals surface area (Å²) in [5, 5.41) is 25.3. The molecule has 9 atom stereocenters. The fraction of sp³-hybridized carbons (Fsp3) is 0.526. The number of hydrogen-bond donors (Lipinski definition) is 3. The van der Waals surface area contributed by atoms with Crippen LogP contribution in [0.15, 0.2) is 82.1 Å². The highest BCUT2D eigenvalue weighted by atomic mass is 32.2. The molecule has 1 aliphatic heterocycles. The van der Waals surface area contributed by atoms with Gasteiger partial charge in [0.05, 0.1) is 22.0 Å². The van der Waals surface area contributed by atoms with Gasteiger partial charge in [0, 0.05) is 34.0 Å². The van der Waals surface area contributed by atoms with E-state index in [-0.39, 0.29) is 53.2 Å². The standard InChI is InChI=1S/C37H43NO8S.CH4/c1-21(2)38-24-8-12-27(13-9-24)47(43,44)26-10-5-22(6-11-26)34-45-32-18-29-28-14-7-23-17-25(40)15-16-35(23,3)33(28)30(41)19-36(29,4)37(32,46-34)31(42)20-39;/h5-6,8-13,15-17,21,28-30,32-34,38-39,41H,7,14,18-20H2,1-4H3;1H4/t28-,29-,30-,32+,33+,34+,35-,36-,37+;/m0./s1. The highest BCUT2D eigenvalue weighted by molar-refractivity contribution is 7.91. The lowest BCUT2D eigenvalue weighted by Gasteiger charge is -2.59. The van der Waals surface area contributed by atoms with Crippen LogP contribution >= 0.6 is 0 Å². The first kappa shape index (κ1) is 34.7. The average Bonchev–Trinajstić information content (AvgIpc) is 3.54. The number of carbonyl (C=O) groups excluding carboxylic acids is 2. The van der Waals surface area contributed by atoms with Gasteiger partial charge in [-0.05, 0) is 99.9 Å². The zero-order chi connectivity index (χ0) is 33.5. The van der Waals surface area contributed by atoms with Gasteiger partial charge in [-0.1, -0.05) is 45.1 Å². The van der Waals surface area contributed by atoms with Crippen LogP contribution in [0.3, 0.4) is 0 Å². The Kier molecular flexibility index (Phi) is 8.69. The van der Waals surface area contributed by atoms with E-state index in [4.69, 9.17) is 9.47 Å². The number of Topliss-reactive ketones (excluding diaryl/α,β-unsaturated/α-hetero) is 1. The van der Waals surface area contributed by atoms with Crippen LogP contribution < -0.4 is 5.32 Å². The summed E-state index contributed by atoms with van der Waals surface area (Å²) in [6.07, 6.45) is 5.21. The maximum Gasteiger partial charge on any atom is 0.206 e. The lowest BCUT2D eigenvalue weighted by molar-refractivity contribution is -0.201. The van der Waals surface area contributed by atoms with Crippen molar-refractivity contribution < 1.29 is 37.7 Å². The largest absolute Gasteiger partial charge is 0.393 e. The van der Waals surface area contributed by atoms with Gasteiger partial charge in [0.2, 0.25) is 9.84 Å². The number of benzene rings is 2. The number of allylic oxidation sites excluding steroid dienone is 4. The fourth-order valence-electron chi connectivity index (χ4n) is 9.84. The Balaban J connectivity index is 0.00000401. The van der Waals surface area contributed by atoms with Gasteiger partial charge in [-0.2, -0.15) is 0 Å². The minimum atomic E-state index is -3.78. The summed E-state index contributed by atoms with van der Waals surface area (Å²) in [6, 6.07) is 13.2. The van der Waals surface area contributed by atoms with Crippen molar-refractivity contribution in [2.45, 2.75) is 101 Å². The van der Waals surface area contributed by atoms with Crippen LogP contribution in [-0.4, -0.2) is 60.7 Å². The SMILES string of the molecule is C.CC(C)Nc1ccc(S(=O)(=O)c2ccc([C@@H]3O[C@@H]4C[C@H]5[C@@H]6CCC7=CC(=O)C=C[C@]7(C)[C@H]6[C@@H](O)C[C@]5(C)[C@]4(C(=O)CO)O3)cc2)cc1. The number of sulfone groups is 1. The molecular weight excluding hydrogens is 630 g/mol. The Bertz CT molecular complexity index is 1770. The molecule has 10 heteroatoms. The van der Waals surface area contributed by atoms with Crippen LogP contribution in [-0.2, 0) is 28.9 Å². The van der Waals surface area contributed by atoms with E-state index in [1.807, 2.05) is 26.8 Å². The zero-order valence-corrected chi connectivity index (χ0v) is 28.0. The van der Waals surface area contributed by atoms with E-state index in [0.29, 0.717) is 12.0 Å². The molecule has 5 aliphatic rings. The van der Waals surface area contributed by atoms with Gasteiger partial charge in [0.15, 0.2) is 23.5 Å². The van der Waals surface area contributed by atoms with Crippen molar-refractivity contribution in [3.05, 3.63) is 77.9 Å². The van der Waals surface area contributed by atoms with Crippen LogP contribution in [0.25, 0.3) is 0 Å². The predicted octanol–water partition coefficient (Wildman–Crippen LogP) is 5.58. The number of fused-ring (bicyclic) bond motifs is 7. The van der Waals surface area contributed by atoms with Crippen molar-refractivity contribution in [1.82, 2.24) is 0 Å². The molecule has 1 heterocycles. The minimum Gasteiger partial charge on any atom is -0.393 e. The van der Waals surface area contributed by atoms with Crippen molar-refractivity contribution in [3.8, 4) is 0 Å². The third-order valence-corrected chi connectivity index (χ3v) is 13.7. The lowest BCUT2D eigenvalue weighted by atomic mass is 9.46. The van der Waals surface area contributed by atoms with Gasteiger partial charge in [0.25, 0.3) is 0 Å². The molecule has 0 spiro atoms. The molecule has 9 nitrogen and oxygen atoms in total. The molecule has 258 valence electrons. The quantitative estimate of drug-likeness (QED) is 0.343. The smallest absolute Gasteiger partial charge is 0.206 e. The molecule has 4 aliphatic carbocycles. The number of aliphatic hydroxyl groups is 2. The Morgan fingerprint density at radius 1 is 1.06 bits per heavy atom. The number of nitrogens with one attached hydrogen (secondary N) is 1. The number of hydrogen-bond acceptors (Lipinski definition) is 9. The summed E-state index contributed by atoms with van der Waals surface area (Å²) in [7, 11) is -3.78. The predicted molar refractivity (Wildman–Crippen MR) is 181 cm³/mol. The maximum atomic E-state index is 13.8. The zero-order valence-electron chi connectivity index (χ0n) is 27.2. The Morgan fingerprint density at radius 3 is 2.33 bits per heavy atom. The Hall–Kier alpha value is -3.15. The highest BCUT2D eigenvalue weighted by Crippen LogP contribution is 2.70. The van der Waals surface area contributed by atoms with Crippen LogP contribution in [0.4, 0.5) is 5.69 Å². The van der Waals surface area contributed by atoms with Gasteiger partial charge in [0.1, 0.15) is 6.61 Å². The number of carbonyl (C=O) groups is 2. The van der Waals surface area contributed by atoms with E-state index in [9.17, 15) is 28.2 Å². The summed E-state index contributed by atoms with van der Waals surface area (Å²) in [6.45, 7) is 7.38. The maximum absolute atomic E-state index is 13.8. The van der Waals surface area contributed by atoms with Crippen molar-refractivity contribution in [3.63, 3.8) is 0 Å². The van der Waals surface area contributed by atoms with Crippen LogP contribution in [0.2, 0.25) is 0 Å². The number of aliphatic hydroxyl groups excluding tert-OH is 2. The van der Waals surface area contributed by atoms with E-state index in [0.717, 1.165) is 24.1 Å². The third kappa shape index (κ3) is 4.97. The molecule has 7 rings (SSSR count). The van der Waals surface area contributed by atoms with E-state index in [1.54, 1.807) is 48.6 Å². The second kappa shape index (κ2) is 12.0. The lowest BCUT2D eigenvalue weighted by Crippen LogP contribution is -2.63. The number of anilines is 1. The monoisotopic (exact) mass is 677 g/mol. The molecule has 4 fully saturated rings. The summed E-state index contributed by atoms with van der Waals surface area (Å²) in [5.74, 6) is -0.584. The number of rotatable bonds is 7. The molecule has 3 saturated carbocycles. The first-order valence-corrected chi connectivity index (χ1v) is 18.0. The van der Waals surface area contributed by atoms with Crippen LogP contribution in [0, 0.1) is 28.6 Å². The van der Waals surface area contributed by atoms with E-state index >= 15 is 0 Å². The van der Waals surface area contributed by atoms with Crippen LogP contribution in [0.5, 0.6) is 0 Å². The molecule has 3 N–H and O–H groups in total. The fourth-order valence-corrected chi connectivity index (χ4v) is 11.1. The van der Waals surface area contributed by atoms with Crippen molar-refractivity contribution >= 4 is 27.1 Å². The van der Waals surface area contributed by atoms with Crippen molar-refractivity contribution in [1.29, 1.82) is 0 Å². The van der Waals surface area contributed by atoms with Gasteiger partial charge >= 0.3 is 0 Å². The van der Waals surface area contributed by atoms with Crippen molar-refractivity contribution in [2.24, 2.45) is 28.6 Å². The highest BCUT2D eigenvalue weighted by Gasteiger charge is 2.75. The Labute approximate surface area is 283 Å². The second-order valence-corrected chi connectivity index (χ2v) is 16.7. The minimum absolute atomic E-state index is 0. The first-order chi connectivity index (χ1) is 22.2. The molecule has 2 aromatic carbocycles. The van der Waals surface area contributed by atoms with E-state index < -0.39 is 57.2 Å². The molecule has 0 bridgehead atoms. The number of ether oxygens (including phenoxy) is 2. The summed E-state index contributed by atoms with van der Waals surface area (Å²) in [4.78, 5) is 26.3. The molecule has 0 unspecified atom stereocenters. The molecule has 0 radical (unpaired) electrons. The summed E-state index contributed by atoms with van der Waals surface area (Å²) < 4.78 is 40.0. The molecule has 1 saturated heterocycles. The topological polar surface area (TPSA) is 139 Å². The van der Waals surface area contributed by atoms with Gasteiger partial charge in [-0.25, -0.2) is 8.42 Å². The third-order valence-electron chi connectivity index (χ3n) is 11.9. The van der Waals surface area contributed by atoms with Crippen LogP contribution in [0.1, 0.15) is 72.7 Å². The number of ketones is 2. The van der Waals surface area contributed by atoms with Crippen molar-refractivity contribution in [2.75, 3.05) is 11.9 Å². The normalized spacial score (nSPS) is 36.7. The van der Waals surface area contributed by atoms with E-state index in [1.165, 1.54) is 12.1 Å². The van der Waals surface area contributed by atoms with Gasteiger partial charge < -0.3 is 25.0 Å². The average molecular weight is 678 g/mol. The van der Waals surface area contributed by atoms with E-state index in [2.05, 4.69) is 12.2 Å². The molecule has 48 heavy (non-hydrogen) atoms. The van der Waals surface area contributed by atoms with Gasteiger partial charge in [-0.3, -0.25) is 9.59 Å². The summed E-state index contributed by atoms with van der Waals surface area (Å²) in [5.41, 5.74) is -0.311. The molecular formula is C38H47NO8S. The first-order valence-electron chi connectivity index (χ1n) is 16.6.